The highest BCUT2D eigenvalue weighted by Gasteiger charge is 1.91. The fraction of sp³-hybridized carbons (Fsp3) is 0.500. The van der Waals surface area contributed by atoms with Crippen molar-refractivity contribution in [2.24, 2.45) is 5.73 Å². The SMILES string of the molecule is NCCCn1ccc(N)n1. The van der Waals surface area contributed by atoms with Crippen LogP contribution in [0.2, 0.25) is 0 Å². The van der Waals surface area contributed by atoms with Crippen LogP contribution >= 0.6 is 0 Å². The van der Waals surface area contributed by atoms with Gasteiger partial charge in [-0.05, 0) is 19.0 Å². The summed E-state index contributed by atoms with van der Waals surface area (Å²) in [6.07, 6.45) is 2.80. The Labute approximate surface area is 59.8 Å². The van der Waals surface area contributed by atoms with Gasteiger partial charge < -0.3 is 11.5 Å². The third-order valence-electron chi connectivity index (χ3n) is 1.25. The van der Waals surface area contributed by atoms with Crippen molar-refractivity contribution in [3.63, 3.8) is 0 Å². The fourth-order valence-electron chi connectivity index (χ4n) is 0.755. The molecule has 1 aromatic heterocycles. The van der Waals surface area contributed by atoms with E-state index in [2.05, 4.69) is 5.10 Å². The van der Waals surface area contributed by atoms with Gasteiger partial charge in [0.15, 0.2) is 0 Å². The second kappa shape index (κ2) is 3.22. The smallest absolute Gasteiger partial charge is 0.145 e. The number of nitrogen functional groups attached to an aromatic ring is 1. The van der Waals surface area contributed by atoms with Crippen molar-refractivity contribution in [1.82, 2.24) is 9.78 Å². The standard InChI is InChI=1S/C6H12N4/c7-3-1-4-10-5-2-6(8)9-10/h2,5H,1,3-4,7H2,(H2,8,9). The summed E-state index contributed by atoms with van der Waals surface area (Å²) in [4.78, 5) is 0. The van der Waals surface area contributed by atoms with Gasteiger partial charge in [-0.2, -0.15) is 5.10 Å². The Morgan fingerprint density at radius 3 is 2.90 bits per heavy atom. The van der Waals surface area contributed by atoms with E-state index in [9.17, 15) is 0 Å². The number of aromatic nitrogens is 2. The number of hydrogen-bond acceptors (Lipinski definition) is 3. The second-order valence-corrected chi connectivity index (χ2v) is 2.15. The quantitative estimate of drug-likeness (QED) is 0.611. The van der Waals surface area contributed by atoms with Gasteiger partial charge >= 0.3 is 0 Å². The van der Waals surface area contributed by atoms with E-state index in [1.165, 1.54) is 0 Å². The van der Waals surface area contributed by atoms with Crippen molar-refractivity contribution < 1.29 is 0 Å². The molecule has 0 fully saturated rings. The molecule has 0 atom stereocenters. The van der Waals surface area contributed by atoms with Crippen molar-refractivity contribution >= 4 is 5.82 Å². The zero-order valence-electron chi connectivity index (χ0n) is 5.83. The minimum atomic E-state index is 0.567. The Morgan fingerprint density at radius 2 is 2.40 bits per heavy atom. The lowest BCUT2D eigenvalue weighted by atomic mass is 10.4. The maximum absolute atomic E-state index is 5.39. The summed E-state index contributed by atoms with van der Waals surface area (Å²) in [5, 5.41) is 3.99. The van der Waals surface area contributed by atoms with E-state index >= 15 is 0 Å². The molecule has 0 amide bonds. The van der Waals surface area contributed by atoms with E-state index in [0.717, 1.165) is 13.0 Å². The summed E-state index contributed by atoms with van der Waals surface area (Å²) in [6.45, 7) is 1.55. The number of rotatable bonds is 3. The van der Waals surface area contributed by atoms with Gasteiger partial charge in [-0.15, -0.1) is 0 Å². The van der Waals surface area contributed by atoms with Crippen LogP contribution in [0.4, 0.5) is 5.82 Å². The lowest BCUT2D eigenvalue weighted by molar-refractivity contribution is 0.587. The molecule has 0 spiro atoms. The molecular formula is C6H12N4. The van der Waals surface area contributed by atoms with Crippen LogP contribution in [0.5, 0.6) is 0 Å². The molecule has 56 valence electrons. The van der Waals surface area contributed by atoms with Crippen molar-refractivity contribution in [3.8, 4) is 0 Å². The van der Waals surface area contributed by atoms with Crippen molar-refractivity contribution in [1.29, 1.82) is 0 Å². The Morgan fingerprint density at radius 1 is 1.60 bits per heavy atom. The van der Waals surface area contributed by atoms with Gasteiger partial charge in [-0.3, -0.25) is 4.68 Å². The molecule has 1 aromatic rings. The molecule has 0 unspecified atom stereocenters. The maximum Gasteiger partial charge on any atom is 0.145 e. The summed E-state index contributed by atoms with van der Waals surface area (Å²) < 4.78 is 1.79. The van der Waals surface area contributed by atoms with Crippen molar-refractivity contribution in [3.05, 3.63) is 12.3 Å². The first-order valence-electron chi connectivity index (χ1n) is 3.32. The second-order valence-electron chi connectivity index (χ2n) is 2.15. The molecule has 0 aliphatic heterocycles. The van der Waals surface area contributed by atoms with Crippen LogP contribution in [0.3, 0.4) is 0 Å². The summed E-state index contributed by atoms with van der Waals surface area (Å²) in [6, 6.07) is 1.77. The maximum atomic E-state index is 5.39. The Kier molecular flexibility index (Phi) is 2.28. The molecule has 1 heterocycles. The van der Waals surface area contributed by atoms with Gasteiger partial charge in [0.05, 0.1) is 0 Å². The third kappa shape index (κ3) is 1.73. The Bertz CT molecular complexity index is 193. The molecule has 0 saturated carbocycles. The predicted molar refractivity (Wildman–Crippen MR) is 40.3 cm³/mol. The molecule has 0 saturated heterocycles. The average Bonchev–Trinajstić information content (AvgIpc) is 2.31. The first-order valence-corrected chi connectivity index (χ1v) is 3.32. The van der Waals surface area contributed by atoms with Crippen LogP contribution in [0.1, 0.15) is 6.42 Å². The molecule has 0 radical (unpaired) electrons. The first kappa shape index (κ1) is 7.08. The molecule has 0 aliphatic rings. The topological polar surface area (TPSA) is 69.9 Å². The molecule has 4 N–H and O–H groups in total. The molecule has 0 bridgehead atoms. The Hall–Kier alpha value is -1.03. The zero-order chi connectivity index (χ0) is 7.40. The number of anilines is 1. The summed E-state index contributed by atoms with van der Waals surface area (Å²) >= 11 is 0. The molecule has 10 heavy (non-hydrogen) atoms. The molecular weight excluding hydrogens is 128 g/mol. The highest BCUT2D eigenvalue weighted by atomic mass is 15.3. The van der Waals surface area contributed by atoms with Crippen LogP contribution in [0, 0.1) is 0 Å². The van der Waals surface area contributed by atoms with E-state index < -0.39 is 0 Å². The summed E-state index contributed by atoms with van der Waals surface area (Å²) in [5.74, 6) is 0.567. The van der Waals surface area contributed by atoms with Crippen molar-refractivity contribution in [2.45, 2.75) is 13.0 Å². The van der Waals surface area contributed by atoms with Gasteiger partial charge in [0.1, 0.15) is 5.82 Å². The highest BCUT2D eigenvalue weighted by molar-refractivity contribution is 5.23. The minimum absolute atomic E-state index is 0.567. The first-order chi connectivity index (χ1) is 4.83. The lowest BCUT2D eigenvalue weighted by Crippen LogP contribution is -2.06. The lowest BCUT2D eigenvalue weighted by Gasteiger charge is -1.96. The average molecular weight is 140 g/mol. The minimum Gasteiger partial charge on any atom is -0.382 e. The Balaban J connectivity index is 2.42. The van der Waals surface area contributed by atoms with E-state index in [1.54, 1.807) is 10.7 Å². The summed E-state index contributed by atoms with van der Waals surface area (Å²) in [5.41, 5.74) is 10.7. The van der Waals surface area contributed by atoms with E-state index in [4.69, 9.17) is 11.5 Å². The van der Waals surface area contributed by atoms with Crippen LogP contribution in [0.25, 0.3) is 0 Å². The van der Waals surface area contributed by atoms with Gasteiger partial charge in [0, 0.05) is 12.7 Å². The van der Waals surface area contributed by atoms with Crippen LogP contribution in [-0.2, 0) is 6.54 Å². The molecule has 0 aliphatic carbocycles. The van der Waals surface area contributed by atoms with Gasteiger partial charge in [0.2, 0.25) is 0 Å². The molecule has 0 aromatic carbocycles. The summed E-state index contributed by atoms with van der Waals surface area (Å²) in [7, 11) is 0. The predicted octanol–water partition coefficient (Wildman–Crippen LogP) is -0.186. The van der Waals surface area contributed by atoms with Crippen LogP contribution in [0.15, 0.2) is 12.3 Å². The van der Waals surface area contributed by atoms with E-state index in [1.807, 2.05) is 6.20 Å². The molecule has 4 heteroatoms. The molecule has 4 nitrogen and oxygen atoms in total. The monoisotopic (exact) mass is 140 g/mol. The normalized spacial score (nSPS) is 10.1. The van der Waals surface area contributed by atoms with Gasteiger partial charge in [-0.25, -0.2) is 0 Å². The van der Waals surface area contributed by atoms with Gasteiger partial charge in [0.25, 0.3) is 0 Å². The fourth-order valence-corrected chi connectivity index (χ4v) is 0.755. The zero-order valence-corrected chi connectivity index (χ0v) is 5.83. The number of nitrogens with zero attached hydrogens (tertiary/aromatic N) is 2. The van der Waals surface area contributed by atoms with Crippen LogP contribution < -0.4 is 11.5 Å². The van der Waals surface area contributed by atoms with Gasteiger partial charge in [-0.1, -0.05) is 0 Å². The number of aryl methyl sites for hydroxylation is 1. The van der Waals surface area contributed by atoms with Crippen molar-refractivity contribution in [2.75, 3.05) is 12.3 Å². The number of hydrogen-bond donors (Lipinski definition) is 2. The number of nitrogens with two attached hydrogens (primary N) is 2. The largest absolute Gasteiger partial charge is 0.382 e. The molecule has 1 rings (SSSR count). The highest BCUT2D eigenvalue weighted by Crippen LogP contribution is 1.95. The third-order valence-corrected chi connectivity index (χ3v) is 1.25. The van der Waals surface area contributed by atoms with Crippen LogP contribution in [-0.4, -0.2) is 16.3 Å². The van der Waals surface area contributed by atoms with E-state index in [-0.39, 0.29) is 0 Å². The van der Waals surface area contributed by atoms with E-state index in [0.29, 0.717) is 12.4 Å².